The van der Waals surface area contributed by atoms with Crippen LogP contribution in [0, 0.1) is 0 Å². The molecule has 1 aromatic carbocycles. The summed E-state index contributed by atoms with van der Waals surface area (Å²) in [7, 11) is -2.14. The molecule has 0 N–H and O–H groups in total. The molecule has 0 fully saturated rings. The molecule has 0 aliphatic rings. The van der Waals surface area contributed by atoms with Gasteiger partial charge in [0.15, 0.2) is 0 Å². The minimum Gasteiger partial charge on any atom is -0.519 e. The normalized spacial score (nSPS) is 11.5. The van der Waals surface area contributed by atoms with Gasteiger partial charge in [-0.1, -0.05) is 23.2 Å². The van der Waals surface area contributed by atoms with Crippen LogP contribution in [0.3, 0.4) is 0 Å². The van der Waals surface area contributed by atoms with Crippen molar-refractivity contribution in [2.45, 2.75) is 20.0 Å². The molecular weight excluding hydrogens is 251 g/mol. The van der Waals surface area contributed by atoms with Crippen molar-refractivity contribution in [3.05, 3.63) is 28.2 Å². The summed E-state index contributed by atoms with van der Waals surface area (Å²) in [4.78, 5) is 0. The maximum Gasteiger partial charge on any atom is 0.392 e. The molecule has 0 aromatic heterocycles. The molecule has 0 bridgehead atoms. The fraction of sp³-hybridized carbons (Fsp3) is 0.400. The number of benzene rings is 1. The summed E-state index contributed by atoms with van der Waals surface area (Å²) in [5.74, 6) is 0.592. The van der Waals surface area contributed by atoms with Gasteiger partial charge in [-0.2, -0.15) is 0 Å². The number of halogens is 2. The van der Waals surface area contributed by atoms with E-state index in [4.69, 9.17) is 32.1 Å². The average molecular weight is 265 g/mol. The third kappa shape index (κ3) is 4.03. The fourth-order valence-electron chi connectivity index (χ4n) is 1.20. The van der Waals surface area contributed by atoms with Crippen molar-refractivity contribution in [2.75, 3.05) is 6.61 Å². The Morgan fingerprint density at radius 2 is 1.93 bits per heavy atom. The largest absolute Gasteiger partial charge is 0.519 e. The first kappa shape index (κ1) is 12.8. The highest BCUT2D eigenvalue weighted by molar-refractivity contribution is 6.65. The molecule has 84 valence electrons. The highest BCUT2D eigenvalue weighted by Crippen LogP contribution is 2.29. The number of hydrogen-bond acceptors (Lipinski definition) is 2. The van der Waals surface area contributed by atoms with Crippen LogP contribution in [0.1, 0.15) is 6.92 Å². The van der Waals surface area contributed by atoms with Gasteiger partial charge in [0.25, 0.3) is 0 Å². The molecule has 0 amide bonds. The molecule has 15 heavy (non-hydrogen) atoms. The van der Waals surface area contributed by atoms with E-state index in [1.54, 1.807) is 18.2 Å². The van der Waals surface area contributed by atoms with E-state index in [9.17, 15) is 0 Å². The van der Waals surface area contributed by atoms with Gasteiger partial charge in [-0.25, -0.2) is 0 Å². The molecule has 0 saturated heterocycles. The Labute approximate surface area is 101 Å². The first-order valence-corrected chi connectivity index (χ1v) is 8.30. The minimum absolute atomic E-state index is 0.555. The Hall–Kier alpha value is -0.223. The summed E-state index contributed by atoms with van der Waals surface area (Å²) in [5.41, 5.74) is 0. The van der Waals surface area contributed by atoms with E-state index in [1.807, 2.05) is 20.0 Å². The van der Waals surface area contributed by atoms with Crippen LogP contribution in [-0.4, -0.2) is 15.2 Å². The molecule has 0 spiro atoms. The van der Waals surface area contributed by atoms with E-state index in [0.29, 0.717) is 22.4 Å². The monoisotopic (exact) mass is 264 g/mol. The lowest BCUT2D eigenvalue weighted by molar-refractivity contribution is 0.264. The predicted molar refractivity (Wildman–Crippen MR) is 66.2 cm³/mol. The van der Waals surface area contributed by atoms with E-state index in [2.05, 4.69) is 0 Å². The highest BCUT2D eigenvalue weighted by atomic mass is 35.5. The lowest BCUT2D eigenvalue weighted by Gasteiger charge is -2.23. The zero-order valence-corrected chi connectivity index (χ0v) is 11.5. The summed E-state index contributed by atoms with van der Waals surface area (Å²) in [6.07, 6.45) is 0. The Kier molecular flexibility index (Phi) is 4.46. The third-order valence-corrected chi connectivity index (χ3v) is 3.98. The molecule has 0 aliphatic carbocycles. The third-order valence-electron chi connectivity index (χ3n) is 1.74. The maximum atomic E-state index is 5.99. The Balaban J connectivity index is 2.83. The van der Waals surface area contributed by atoms with Gasteiger partial charge in [0.1, 0.15) is 5.75 Å². The fourth-order valence-corrected chi connectivity index (χ4v) is 3.03. The van der Waals surface area contributed by atoms with Crippen molar-refractivity contribution >= 4 is 31.8 Å². The molecule has 0 radical (unpaired) electrons. The van der Waals surface area contributed by atoms with Crippen molar-refractivity contribution in [1.82, 2.24) is 0 Å². The Bertz CT molecular complexity index is 342. The second-order valence-corrected chi connectivity index (χ2v) is 7.65. The van der Waals surface area contributed by atoms with Crippen molar-refractivity contribution < 1.29 is 8.85 Å². The van der Waals surface area contributed by atoms with Crippen LogP contribution >= 0.6 is 23.2 Å². The quantitative estimate of drug-likeness (QED) is 0.763. The molecule has 0 heterocycles. The van der Waals surface area contributed by atoms with Crippen molar-refractivity contribution in [1.29, 1.82) is 0 Å². The van der Waals surface area contributed by atoms with Gasteiger partial charge in [-0.3, -0.25) is 0 Å². The molecule has 1 aromatic rings. The van der Waals surface area contributed by atoms with Gasteiger partial charge in [-0.15, -0.1) is 0 Å². The van der Waals surface area contributed by atoms with Crippen molar-refractivity contribution in [3.63, 3.8) is 0 Å². The molecule has 0 aliphatic heterocycles. The summed E-state index contributed by atoms with van der Waals surface area (Å²) in [6.45, 7) is 6.51. The van der Waals surface area contributed by atoms with Crippen LogP contribution in [0.4, 0.5) is 0 Å². The van der Waals surface area contributed by atoms with Crippen LogP contribution in [0.15, 0.2) is 18.2 Å². The lowest BCUT2D eigenvalue weighted by atomic mass is 10.3. The topological polar surface area (TPSA) is 18.5 Å². The summed E-state index contributed by atoms with van der Waals surface area (Å²) >= 11 is 11.8. The minimum atomic E-state index is -2.14. The zero-order chi connectivity index (χ0) is 11.5. The van der Waals surface area contributed by atoms with Crippen LogP contribution in [-0.2, 0) is 4.43 Å². The Morgan fingerprint density at radius 3 is 2.53 bits per heavy atom. The molecule has 2 nitrogen and oxygen atoms in total. The van der Waals surface area contributed by atoms with Gasteiger partial charge in [0.2, 0.25) is 0 Å². The number of hydrogen-bond donors (Lipinski definition) is 0. The van der Waals surface area contributed by atoms with E-state index < -0.39 is 8.56 Å². The van der Waals surface area contributed by atoms with Gasteiger partial charge < -0.3 is 8.85 Å². The van der Waals surface area contributed by atoms with Gasteiger partial charge in [0.05, 0.1) is 5.02 Å². The van der Waals surface area contributed by atoms with E-state index >= 15 is 0 Å². The summed E-state index contributed by atoms with van der Waals surface area (Å²) in [6, 6.07) is 5.15. The standard InChI is InChI=1S/C10H14Cl2O2Si/c1-4-13-15(2,3)14-10-7-8(11)5-6-9(10)12/h5-7H,4H2,1-3H3. The Morgan fingerprint density at radius 1 is 1.27 bits per heavy atom. The van der Waals surface area contributed by atoms with Crippen LogP contribution in [0.25, 0.3) is 0 Å². The second kappa shape index (κ2) is 5.21. The van der Waals surface area contributed by atoms with Gasteiger partial charge >= 0.3 is 8.56 Å². The summed E-state index contributed by atoms with van der Waals surface area (Å²) < 4.78 is 11.3. The van der Waals surface area contributed by atoms with Crippen LogP contribution < -0.4 is 4.43 Å². The zero-order valence-electron chi connectivity index (χ0n) is 9.01. The van der Waals surface area contributed by atoms with Crippen LogP contribution in [0.5, 0.6) is 5.75 Å². The highest BCUT2D eigenvalue weighted by Gasteiger charge is 2.26. The molecule has 0 unspecified atom stereocenters. The lowest BCUT2D eigenvalue weighted by Crippen LogP contribution is -2.38. The van der Waals surface area contributed by atoms with Crippen molar-refractivity contribution in [3.8, 4) is 5.75 Å². The molecule has 0 saturated carbocycles. The van der Waals surface area contributed by atoms with E-state index in [-0.39, 0.29) is 0 Å². The second-order valence-electron chi connectivity index (χ2n) is 3.51. The molecule has 5 heteroatoms. The predicted octanol–water partition coefficient (Wildman–Crippen LogP) is 4.11. The average Bonchev–Trinajstić information content (AvgIpc) is 2.10. The van der Waals surface area contributed by atoms with E-state index in [0.717, 1.165) is 0 Å². The first-order chi connectivity index (χ1) is 6.94. The molecular formula is C10H14Cl2O2Si. The van der Waals surface area contributed by atoms with Crippen LogP contribution in [0.2, 0.25) is 23.1 Å². The van der Waals surface area contributed by atoms with Gasteiger partial charge in [-0.05, 0) is 38.2 Å². The first-order valence-electron chi connectivity index (χ1n) is 4.72. The smallest absolute Gasteiger partial charge is 0.392 e. The van der Waals surface area contributed by atoms with Gasteiger partial charge in [0, 0.05) is 11.6 Å². The summed E-state index contributed by atoms with van der Waals surface area (Å²) in [5, 5.41) is 1.16. The van der Waals surface area contributed by atoms with E-state index in [1.165, 1.54) is 0 Å². The SMILES string of the molecule is CCO[Si](C)(C)Oc1cc(Cl)ccc1Cl. The van der Waals surface area contributed by atoms with Crippen molar-refractivity contribution in [2.24, 2.45) is 0 Å². The number of rotatable bonds is 4. The molecule has 0 atom stereocenters. The maximum absolute atomic E-state index is 5.99. The molecule has 1 rings (SSSR count).